The van der Waals surface area contributed by atoms with Crippen LogP contribution < -0.4 is 10.1 Å². The summed E-state index contributed by atoms with van der Waals surface area (Å²) in [5.74, 6) is 0.919. The molecule has 1 aromatic carbocycles. The van der Waals surface area contributed by atoms with E-state index in [9.17, 15) is 0 Å². The van der Waals surface area contributed by atoms with Crippen molar-refractivity contribution < 1.29 is 9.47 Å². The molecule has 4 nitrogen and oxygen atoms in total. The van der Waals surface area contributed by atoms with Crippen molar-refractivity contribution in [2.24, 2.45) is 0 Å². The van der Waals surface area contributed by atoms with Gasteiger partial charge in [0, 0.05) is 36.8 Å². The third kappa shape index (κ3) is 3.82. The van der Waals surface area contributed by atoms with Gasteiger partial charge in [0.25, 0.3) is 0 Å². The molecule has 0 saturated carbocycles. The van der Waals surface area contributed by atoms with Crippen LogP contribution in [0.15, 0.2) is 30.3 Å². The lowest BCUT2D eigenvalue weighted by atomic mass is 10.2. The first-order valence-corrected chi connectivity index (χ1v) is 8.92. The Hall–Kier alpha value is -1.78. The summed E-state index contributed by atoms with van der Waals surface area (Å²) in [6.07, 6.45) is 2.76. The molecule has 3 rings (SSSR count). The zero-order valence-corrected chi connectivity index (χ0v) is 15.0. The summed E-state index contributed by atoms with van der Waals surface area (Å²) in [7, 11) is 0. The van der Waals surface area contributed by atoms with Gasteiger partial charge in [-0.25, -0.2) is 0 Å². The molecule has 130 valence electrons. The lowest BCUT2D eigenvalue weighted by Crippen LogP contribution is -2.25. The average Bonchev–Trinajstić information content (AvgIpc) is 3.18. The second kappa shape index (κ2) is 7.86. The van der Waals surface area contributed by atoms with Gasteiger partial charge in [-0.05, 0) is 69.5 Å². The van der Waals surface area contributed by atoms with Crippen LogP contribution in [0.4, 0.5) is 0 Å². The van der Waals surface area contributed by atoms with Gasteiger partial charge in [0.2, 0.25) is 0 Å². The lowest BCUT2D eigenvalue weighted by Gasteiger charge is -2.12. The van der Waals surface area contributed by atoms with E-state index >= 15 is 0 Å². The normalized spacial score (nSPS) is 17.4. The van der Waals surface area contributed by atoms with Crippen LogP contribution in [-0.2, 0) is 11.3 Å². The Balaban J connectivity index is 1.68. The van der Waals surface area contributed by atoms with Crippen LogP contribution in [0.5, 0.6) is 5.75 Å². The molecule has 4 heteroatoms. The Morgan fingerprint density at radius 1 is 1.25 bits per heavy atom. The van der Waals surface area contributed by atoms with E-state index in [1.54, 1.807) is 0 Å². The van der Waals surface area contributed by atoms with Crippen molar-refractivity contribution in [2.45, 2.75) is 46.3 Å². The van der Waals surface area contributed by atoms with Crippen LogP contribution in [0.2, 0.25) is 0 Å². The van der Waals surface area contributed by atoms with E-state index in [0.717, 1.165) is 25.4 Å². The molecular formula is C20H28N2O2. The van der Waals surface area contributed by atoms with Gasteiger partial charge in [0.05, 0.1) is 12.7 Å². The summed E-state index contributed by atoms with van der Waals surface area (Å²) in [4.78, 5) is 0. The summed E-state index contributed by atoms with van der Waals surface area (Å²) in [5, 5.41) is 3.54. The van der Waals surface area contributed by atoms with Gasteiger partial charge in [-0.15, -0.1) is 0 Å². The Bertz CT molecular complexity index is 655. The highest BCUT2D eigenvalue weighted by molar-refractivity contribution is 5.43. The third-order valence-corrected chi connectivity index (χ3v) is 4.65. The lowest BCUT2D eigenvalue weighted by molar-refractivity contribution is 0.110. The van der Waals surface area contributed by atoms with Gasteiger partial charge in [0.1, 0.15) is 5.75 Å². The molecule has 0 radical (unpaired) electrons. The van der Waals surface area contributed by atoms with Gasteiger partial charge in [-0.3, -0.25) is 0 Å². The van der Waals surface area contributed by atoms with Gasteiger partial charge < -0.3 is 19.4 Å². The minimum absolute atomic E-state index is 0.389. The SMILES string of the molecule is CCOc1ccc(-n2c(C)cc(CNCC3CCCO3)c2C)cc1. The van der Waals surface area contributed by atoms with Crippen molar-refractivity contribution in [2.75, 3.05) is 19.8 Å². The molecular weight excluding hydrogens is 300 g/mol. The highest BCUT2D eigenvalue weighted by Gasteiger charge is 2.15. The van der Waals surface area contributed by atoms with E-state index in [-0.39, 0.29) is 0 Å². The number of ether oxygens (including phenoxy) is 2. The number of nitrogens with one attached hydrogen (secondary N) is 1. The van der Waals surface area contributed by atoms with Crippen LogP contribution in [0.1, 0.15) is 36.7 Å². The van der Waals surface area contributed by atoms with E-state index in [4.69, 9.17) is 9.47 Å². The summed E-state index contributed by atoms with van der Waals surface area (Å²) in [6, 6.07) is 10.6. The maximum absolute atomic E-state index is 5.67. The quantitative estimate of drug-likeness (QED) is 0.840. The molecule has 0 amide bonds. The van der Waals surface area contributed by atoms with Crippen LogP contribution in [0.25, 0.3) is 5.69 Å². The predicted molar refractivity (Wildman–Crippen MR) is 97.1 cm³/mol. The maximum Gasteiger partial charge on any atom is 0.119 e. The fourth-order valence-electron chi connectivity index (χ4n) is 3.44. The Morgan fingerprint density at radius 3 is 2.71 bits per heavy atom. The summed E-state index contributed by atoms with van der Waals surface area (Å²) in [6.45, 7) is 9.78. The second-order valence-corrected chi connectivity index (χ2v) is 6.42. The van der Waals surface area contributed by atoms with Crippen LogP contribution in [0, 0.1) is 13.8 Å². The largest absolute Gasteiger partial charge is 0.494 e. The second-order valence-electron chi connectivity index (χ2n) is 6.42. The smallest absolute Gasteiger partial charge is 0.119 e. The Morgan fingerprint density at radius 2 is 2.04 bits per heavy atom. The highest BCUT2D eigenvalue weighted by Crippen LogP contribution is 2.23. The van der Waals surface area contributed by atoms with E-state index in [1.807, 2.05) is 19.1 Å². The zero-order valence-electron chi connectivity index (χ0n) is 15.0. The molecule has 1 aliphatic rings. The van der Waals surface area contributed by atoms with Gasteiger partial charge in [-0.1, -0.05) is 0 Å². The summed E-state index contributed by atoms with van der Waals surface area (Å²) in [5.41, 5.74) is 5.07. The molecule has 1 saturated heterocycles. The number of nitrogens with zero attached hydrogens (tertiary/aromatic N) is 1. The Kier molecular flexibility index (Phi) is 5.59. The highest BCUT2D eigenvalue weighted by atomic mass is 16.5. The predicted octanol–water partition coefficient (Wildman–Crippen LogP) is 3.76. The molecule has 1 aromatic heterocycles. The summed E-state index contributed by atoms with van der Waals surface area (Å²) >= 11 is 0. The fourth-order valence-corrected chi connectivity index (χ4v) is 3.44. The molecule has 0 aliphatic carbocycles. The van der Waals surface area contributed by atoms with Crippen molar-refractivity contribution in [3.05, 3.63) is 47.3 Å². The number of benzene rings is 1. The van der Waals surface area contributed by atoms with E-state index in [1.165, 1.54) is 35.5 Å². The first-order chi connectivity index (χ1) is 11.7. The molecule has 1 N–H and O–H groups in total. The van der Waals surface area contributed by atoms with Gasteiger partial charge >= 0.3 is 0 Å². The first kappa shape index (κ1) is 17.1. The van der Waals surface area contributed by atoms with Gasteiger partial charge in [0.15, 0.2) is 0 Å². The number of aromatic nitrogens is 1. The minimum atomic E-state index is 0.389. The molecule has 1 fully saturated rings. The number of aryl methyl sites for hydroxylation is 1. The molecule has 1 aliphatic heterocycles. The minimum Gasteiger partial charge on any atom is -0.494 e. The van der Waals surface area contributed by atoms with Crippen molar-refractivity contribution >= 4 is 0 Å². The zero-order chi connectivity index (χ0) is 16.9. The summed E-state index contributed by atoms with van der Waals surface area (Å²) < 4.78 is 13.5. The molecule has 24 heavy (non-hydrogen) atoms. The molecule has 1 atom stereocenters. The number of hydrogen-bond donors (Lipinski definition) is 1. The third-order valence-electron chi connectivity index (χ3n) is 4.65. The van der Waals surface area contributed by atoms with E-state index < -0.39 is 0 Å². The van der Waals surface area contributed by atoms with Crippen LogP contribution in [-0.4, -0.2) is 30.4 Å². The van der Waals surface area contributed by atoms with E-state index in [0.29, 0.717) is 12.7 Å². The average molecular weight is 328 g/mol. The van der Waals surface area contributed by atoms with Crippen molar-refractivity contribution in [1.29, 1.82) is 0 Å². The van der Waals surface area contributed by atoms with Crippen LogP contribution >= 0.6 is 0 Å². The molecule has 2 aromatic rings. The topological polar surface area (TPSA) is 35.4 Å². The molecule has 0 bridgehead atoms. The fraction of sp³-hybridized carbons (Fsp3) is 0.500. The Labute approximate surface area is 144 Å². The monoisotopic (exact) mass is 328 g/mol. The number of rotatable bonds is 7. The molecule has 0 spiro atoms. The van der Waals surface area contributed by atoms with Crippen molar-refractivity contribution in [3.8, 4) is 11.4 Å². The van der Waals surface area contributed by atoms with Crippen molar-refractivity contribution in [1.82, 2.24) is 9.88 Å². The first-order valence-electron chi connectivity index (χ1n) is 8.92. The molecule has 2 heterocycles. The van der Waals surface area contributed by atoms with Crippen molar-refractivity contribution in [3.63, 3.8) is 0 Å². The maximum atomic E-state index is 5.67. The standard InChI is InChI=1S/C20H28N2O2/c1-4-23-19-9-7-18(8-10-19)22-15(2)12-17(16(22)3)13-21-14-20-6-5-11-24-20/h7-10,12,20-21H,4-6,11,13-14H2,1-3H3. The van der Waals surface area contributed by atoms with E-state index in [2.05, 4.69) is 41.9 Å². The van der Waals surface area contributed by atoms with Gasteiger partial charge in [-0.2, -0.15) is 0 Å². The number of hydrogen-bond acceptors (Lipinski definition) is 3. The molecule has 1 unspecified atom stereocenters. The van der Waals surface area contributed by atoms with Crippen LogP contribution in [0.3, 0.4) is 0 Å².